The van der Waals surface area contributed by atoms with Gasteiger partial charge in [0, 0.05) is 16.7 Å². The van der Waals surface area contributed by atoms with Crippen molar-refractivity contribution in [3.63, 3.8) is 0 Å². The molecule has 0 unspecified atom stereocenters. The highest BCUT2D eigenvalue weighted by molar-refractivity contribution is 5.90. The van der Waals surface area contributed by atoms with Crippen LogP contribution in [0.5, 0.6) is 0 Å². The first kappa shape index (κ1) is 37.5. The van der Waals surface area contributed by atoms with Crippen molar-refractivity contribution in [1.82, 2.24) is 15.0 Å². The molecule has 63 heavy (non-hydrogen) atoms. The largest absolute Gasteiger partial charge is 0.238 e. The fourth-order valence-electron chi connectivity index (χ4n) is 9.24. The van der Waals surface area contributed by atoms with E-state index in [1.807, 2.05) is 48.5 Å². The second-order valence-corrected chi connectivity index (χ2v) is 15.9. The summed E-state index contributed by atoms with van der Waals surface area (Å²) in [6, 6.07) is 80.6. The van der Waals surface area contributed by atoms with E-state index in [0.29, 0.717) is 23.2 Å². The van der Waals surface area contributed by atoms with Gasteiger partial charge in [-0.15, -0.1) is 0 Å². The van der Waals surface area contributed by atoms with Crippen molar-refractivity contribution < 1.29 is 0 Å². The maximum Gasteiger partial charge on any atom is 0.187 e. The van der Waals surface area contributed by atoms with Crippen LogP contribution in [0.25, 0.3) is 83.5 Å². The molecule has 9 aromatic carbocycles. The van der Waals surface area contributed by atoms with Gasteiger partial charge in [-0.1, -0.05) is 200 Å². The molecule has 4 heteroatoms. The smallest absolute Gasteiger partial charge is 0.187 e. The van der Waals surface area contributed by atoms with E-state index in [4.69, 9.17) is 21.5 Å². The number of nitrogens with zero attached hydrogens (tertiary/aromatic N) is 4. The molecule has 0 amide bonds. The van der Waals surface area contributed by atoms with Crippen molar-refractivity contribution in [2.45, 2.75) is 5.41 Å². The zero-order valence-electron chi connectivity index (χ0n) is 34.2. The molecular weight excluding hydrogens is 765 g/mol. The third kappa shape index (κ3) is 6.70. The SMILES string of the molecule is [C-]#[N+]c1ccc2c(c1)-c1ccc(-c3ccc(-c4nc(-c5ccccc5)nc(-c5cc(-c6ccccc6)cc(-c6ccccc6)c5)n4)cc3)cc1C2(c1ccccc1)c1ccccc1. The summed E-state index contributed by atoms with van der Waals surface area (Å²) in [5, 5.41) is 0. The lowest BCUT2D eigenvalue weighted by Gasteiger charge is -2.34. The summed E-state index contributed by atoms with van der Waals surface area (Å²) in [6.07, 6.45) is 0. The molecule has 294 valence electrons. The molecule has 0 saturated carbocycles. The molecule has 1 aromatic heterocycles. The van der Waals surface area contributed by atoms with E-state index in [0.717, 1.165) is 61.2 Å². The van der Waals surface area contributed by atoms with Crippen LogP contribution in [0, 0.1) is 6.57 Å². The van der Waals surface area contributed by atoms with Gasteiger partial charge in [-0.2, -0.15) is 0 Å². The van der Waals surface area contributed by atoms with Gasteiger partial charge >= 0.3 is 0 Å². The van der Waals surface area contributed by atoms with Gasteiger partial charge < -0.3 is 0 Å². The van der Waals surface area contributed by atoms with E-state index in [1.165, 1.54) is 22.3 Å². The second-order valence-electron chi connectivity index (χ2n) is 15.9. The molecule has 0 N–H and O–H groups in total. The number of rotatable bonds is 8. The summed E-state index contributed by atoms with van der Waals surface area (Å²) in [7, 11) is 0. The molecule has 1 heterocycles. The van der Waals surface area contributed by atoms with E-state index in [1.54, 1.807) is 0 Å². The summed E-state index contributed by atoms with van der Waals surface area (Å²) in [6.45, 7) is 7.85. The van der Waals surface area contributed by atoms with Gasteiger partial charge in [-0.05, 0) is 97.1 Å². The zero-order valence-corrected chi connectivity index (χ0v) is 34.2. The van der Waals surface area contributed by atoms with Crippen LogP contribution in [0.15, 0.2) is 231 Å². The Balaban J connectivity index is 1.04. The van der Waals surface area contributed by atoms with Crippen LogP contribution in [0.4, 0.5) is 5.69 Å². The quantitative estimate of drug-likeness (QED) is 0.144. The molecule has 0 saturated heterocycles. The van der Waals surface area contributed by atoms with Gasteiger partial charge in [0.15, 0.2) is 23.2 Å². The Kier molecular flexibility index (Phi) is 9.41. The van der Waals surface area contributed by atoms with Crippen LogP contribution in [0.2, 0.25) is 0 Å². The number of benzene rings is 9. The summed E-state index contributed by atoms with van der Waals surface area (Å²) in [4.78, 5) is 19.2. The van der Waals surface area contributed by atoms with Crippen molar-refractivity contribution in [2.75, 3.05) is 0 Å². The molecule has 0 aliphatic heterocycles. The Bertz CT molecular complexity index is 3210. The molecular formula is C59H38N4. The molecule has 0 atom stereocenters. The van der Waals surface area contributed by atoms with Crippen molar-refractivity contribution >= 4 is 5.69 Å². The summed E-state index contributed by atoms with van der Waals surface area (Å²) in [5.41, 5.74) is 16.4. The van der Waals surface area contributed by atoms with Crippen LogP contribution >= 0.6 is 0 Å². The van der Waals surface area contributed by atoms with E-state index in [9.17, 15) is 0 Å². The summed E-state index contributed by atoms with van der Waals surface area (Å²) >= 11 is 0. The lowest BCUT2D eigenvalue weighted by molar-refractivity contribution is 0.769. The number of hydrogen-bond donors (Lipinski definition) is 0. The summed E-state index contributed by atoms with van der Waals surface area (Å²) in [5.74, 6) is 1.82. The Hall–Kier alpha value is -8.52. The third-order valence-electron chi connectivity index (χ3n) is 12.2. The Morgan fingerprint density at radius 1 is 0.302 bits per heavy atom. The van der Waals surface area contributed by atoms with Crippen molar-refractivity contribution in [1.29, 1.82) is 0 Å². The highest BCUT2D eigenvalue weighted by Gasteiger charge is 2.46. The molecule has 1 aliphatic rings. The van der Waals surface area contributed by atoms with Crippen LogP contribution in [0.3, 0.4) is 0 Å². The van der Waals surface area contributed by atoms with Gasteiger partial charge in [-0.3, -0.25) is 0 Å². The number of aromatic nitrogens is 3. The van der Waals surface area contributed by atoms with Crippen LogP contribution < -0.4 is 0 Å². The minimum Gasteiger partial charge on any atom is -0.238 e. The maximum absolute atomic E-state index is 7.85. The van der Waals surface area contributed by atoms with E-state index in [2.05, 4.69) is 187 Å². The average molecular weight is 803 g/mol. The molecule has 0 radical (unpaired) electrons. The molecule has 10 aromatic rings. The van der Waals surface area contributed by atoms with Crippen molar-refractivity contribution in [3.05, 3.63) is 264 Å². The standard InChI is InChI=1S/C59H38N4/c1-60-51-32-34-54-53(39-51)52-33-31-45(38-55(52)59(54,49-23-13-5-14-24-49)50-25-15-6-16-26-50)42-27-29-44(30-28-42)57-61-56(43-21-11-4-12-22-43)62-58(63-57)48-36-46(40-17-7-2-8-18-40)35-47(37-48)41-19-9-3-10-20-41/h2-39H. The van der Waals surface area contributed by atoms with Crippen LogP contribution in [-0.4, -0.2) is 15.0 Å². The van der Waals surface area contributed by atoms with Crippen LogP contribution in [0.1, 0.15) is 22.3 Å². The molecule has 0 fully saturated rings. The highest BCUT2D eigenvalue weighted by atomic mass is 15.0. The molecule has 4 nitrogen and oxygen atoms in total. The predicted octanol–water partition coefficient (Wildman–Crippen LogP) is 14.8. The summed E-state index contributed by atoms with van der Waals surface area (Å²) < 4.78 is 0. The van der Waals surface area contributed by atoms with Crippen molar-refractivity contribution in [2.24, 2.45) is 0 Å². The first-order valence-corrected chi connectivity index (χ1v) is 21.1. The minimum absolute atomic E-state index is 0.572. The minimum atomic E-state index is -0.572. The monoisotopic (exact) mass is 802 g/mol. The Labute approximate surface area is 367 Å². The normalized spacial score (nSPS) is 12.2. The average Bonchev–Trinajstić information content (AvgIpc) is 3.67. The second kappa shape index (κ2) is 15.8. The van der Waals surface area contributed by atoms with E-state index >= 15 is 0 Å². The van der Waals surface area contributed by atoms with Gasteiger partial charge in [0.1, 0.15) is 0 Å². The van der Waals surface area contributed by atoms with E-state index in [-0.39, 0.29) is 0 Å². The van der Waals surface area contributed by atoms with E-state index < -0.39 is 5.41 Å². The predicted molar refractivity (Wildman–Crippen MR) is 256 cm³/mol. The molecule has 1 aliphatic carbocycles. The van der Waals surface area contributed by atoms with Crippen LogP contribution in [-0.2, 0) is 5.41 Å². The first-order valence-electron chi connectivity index (χ1n) is 21.1. The van der Waals surface area contributed by atoms with Gasteiger partial charge in [0.05, 0.1) is 12.0 Å². The zero-order chi connectivity index (χ0) is 42.2. The molecule has 0 bridgehead atoms. The lowest BCUT2D eigenvalue weighted by Crippen LogP contribution is -2.28. The molecule has 11 rings (SSSR count). The fourth-order valence-corrected chi connectivity index (χ4v) is 9.24. The topological polar surface area (TPSA) is 43.0 Å². The number of fused-ring (bicyclic) bond motifs is 3. The Morgan fingerprint density at radius 3 is 1.24 bits per heavy atom. The maximum atomic E-state index is 7.85. The van der Waals surface area contributed by atoms with Gasteiger partial charge in [-0.25, -0.2) is 19.8 Å². The third-order valence-corrected chi connectivity index (χ3v) is 12.2. The van der Waals surface area contributed by atoms with Crippen molar-refractivity contribution in [3.8, 4) is 78.7 Å². The number of hydrogen-bond acceptors (Lipinski definition) is 3. The first-order chi connectivity index (χ1) is 31.2. The molecule has 0 spiro atoms. The Morgan fingerprint density at radius 2 is 0.714 bits per heavy atom. The highest BCUT2D eigenvalue weighted by Crippen LogP contribution is 2.57. The van der Waals surface area contributed by atoms with Gasteiger partial charge in [0.2, 0.25) is 0 Å². The fraction of sp³-hybridized carbons (Fsp3) is 0.0169. The van der Waals surface area contributed by atoms with Gasteiger partial charge in [0.25, 0.3) is 0 Å². The lowest BCUT2D eigenvalue weighted by atomic mass is 9.67.